The molecule has 0 aliphatic carbocycles. The van der Waals surface area contributed by atoms with Crippen molar-refractivity contribution in [3.8, 4) is 28.7 Å². The van der Waals surface area contributed by atoms with Gasteiger partial charge in [-0.3, -0.25) is 9.59 Å². The maximum Gasteiger partial charge on any atom is 0.341 e. The Labute approximate surface area is 305 Å². The van der Waals surface area contributed by atoms with Gasteiger partial charge in [0.2, 0.25) is 0 Å². The Balaban J connectivity index is 0.000000210. The van der Waals surface area contributed by atoms with Crippen LogP contribution < -0.4 is 9.47 Å². The summed E-state index contributed by atoms with van der Waals surface area (Å²) >= 11 is 0. The number of carbonyl (C=O) groups excluding carboxylic acids is 3. The molecule has 52 heavy (non-hydrogen) atoms. The number of esters is 1. The molecule has 0 fully saturated rings. The number of methoxy groups -OCH3 is 2. The van der Waals surface area contributed by atoms with Crippen molar-refractivity contribution in [2.45, 2.75) is 45.4 Å². The summed E-state index contributed by atoms with van der Waals surface area (Å²) in [6.07, 6.45) is 6.95. The van der Waals surface area contributed by atoms with Gasteiger partial charge < -0.3 is 29.5 Å². The summed E-state index contributed by atoms with van der Waals surface area (Å²) in [5, 5.41) is 29.0. The minimum Gasteiger partial charge on any atom is -0.507 e. The molecule has 0 radical (unpaired) electrons. The zero-order valence-electron chi connectivity index (χ0n) is 29.8. The normalized spacial score (nSPS) is 10.1. The van der Waals surface area contributed by atoms with Crippen LogP contribution in [-0.4, -0.2) is 53.7 Å². The molecule has 0 saturated carbocycles. The second-order valence-electron chi connectivity index (χ2n) is 11.6. The number of aromatic hydroxyl groups is 3. The van der Waals surface area contributed by atoms with Crippen LogP contribution in [0.15, 0.2) is 121 Å². The largest absolute Gasteiger partial charge is 0.507 e. The van der Waals surface area contributed by atoms with Crippen molar-refractivity contribution >= 4 is 17.5 Å². The third-order valence-electron chi connectivity index (χ3n) is 7.83. The van der Waals surface area contributed by atoms with E-state index < -0.39 is 5.97 Å². The second-order valence-corrected chi connectivity index (χ2v) is 11.6. The molecule has 0 unspecified atom stereocenters. The first kappa shape index (κ1) is 40.3. The van der Waals surface area contributed by atoms with Crippen LogP contribution in [0.2, 0.25) is 0 Å². The quantitative estimate of drug-likeness (QED) is 0.0586. The molecule has 9 heteroatoms. The van der Waals surface area contributed by atoms with Crippen LogP contribution in [0.1, 0.15) is 87.6 Å². The monoisotopic (exact) mass is 706 g/mol. The number of carbonyl (C=O) groups is 3. The third kappa shape index (κ3) is 12.7. The molecule has 5 aromatic carbocycles. The summed E-state index contributed by atoms with van der Waals surface area (Å²) in [5.74, 6) is 0.0271. The first-order valence-electron chi connectivity index (χ1n) is 17.1. The van der Waals surface area contributed by atoms with E-state index in [1.807, 2.05) is 12.1 Å². The standard InChI is InChI=1S/C15H22O3.2C14H12O3/c1-2-3-4-5-6-9-12-18-15(17)13-10-7-8-11-14(13)16;2*1-17-11-7-8-12(13(15)9-11)14(16)10-5-3-2-4-6-10/h7-8,10-11,16H,2-6,9,12H2,1H3;2*2-9,15H,1H3. The lowest BCUT2D eigenvalue weighted by atomic mass is 10.0. The lowest BCUT2D eigenvalue weighted by molar-refractivity contribution is 0.0494. The number of phenols is 3. The Bertz CT molecular complexity index is 1750. The van der Waals surface area contributed by atoms with E-state index in [9.17, 15) is 29.7 Å². The highest BCUT2D eigenvalue weighted by atomic mass is 16.5. The molecule has 0 heterocycles. The number of hydrogen-bond acceptors (Lipinski definition) is 9. The van der Waals surface area contributed by atoms with Crippen molar-refractivity contribution in [1.82, 2.24) is 0 Å². The van der Waals surface area contributed by atoms with Gasteiger partial charge in [0, 0.05) is 23.3 Å². The zero-order valence-corrected chi connectivity index (χ0v) is 29.8. The summed E-state index contributed by atoms with van der Waals surface area (Å²) < 4.78 is 15.0. The lowest BCUT2D eigenvalue weighted by Gasteiger charge is -2.06. The van der Waals surface area contributed by atoms with Crippen molar-refractivity contribution in [2.24, 2.45) is 0 Å². The van der Waals surface area contributed by atoms with Crippen LogP contribution in [0.4, 0.5) is 0 Å². The number of ketones is 2. The minimum atomic E-state index is -0.443. The first-order valence-corrected chi connectivity index (χ1v) is 17.1. The summed E-state index contributed by atoms with van der Waals surface area (Å²) in [6, 6.07) is 33.4. The number of unbranched alkanes of at least 4 members (excludes halogenated alkanes) is 5. The molecule has 0 bridgehead atoms. The minimum absolute atomic E-state index is 0.0227. The van der Waals surface area contributed by atoms with Crippen molar-refractivity contribution < 1.29 is 43.9 Å². The van der Waals surface area contributed by atoms with E-state index in [1.165, 1.54) is 58.1 Å². The van der Waals surface area contributed by atoms with Gasteiger partial charge in [-0.25, -0.2) is 4.79 Å². The van der Waals surface area contributed by atoms with Crippen LogP contribution in [0.25, 0.3) is 0 Å². The lowest BCUT2D eigenvalue weighted by Crippen LogP contribution is -2.06. The van der Waals surface area contributed by atoms with Gasteiger partial charge in [0.25, 0.3) is 0 Å². The molecule has 3 N–H and O–H groups in total. The van der Waals surface area contributed by atoms with Gasteiger partial charge in [-0.15, -0.1) is 0 Å². The highest BCUT2D eigenvalue weighted by Gasteiger charge is 2.15. The molecule has 0 aliphatic heterocycles. The molecule has 0 spiro atoms. The smallest absolute Gasteiger partial charge is 0.341 e. The molecule has 5 aromatic rings. The molecule has 0 amide bonds. The van der Waals surface area contributed by atoms with E-state index in [2.05, 4.69) is 6.92 Å². The molecule has 0 aromatic heterocycles. The molecule has 0 atom stereocenters. The number of ether oxygens (including phenoxy) is 3. The topological polar surface area (TPSA) is 140 Å². The summed E-state index contributed by atoms with van der Waals surface area (Å²) in [4.78, 5) is 35.8. The summed E-state index contributed by atoms with van der Waals surface area (Å²) in [5.41, 5.74) is 1.89. The molecule has 0 aliphatic rings. The fraction of sp³-hybridized carbons (Fsp3) is 0.233. The second kappa shape index (κ2) is 21.9. The van der Waals surface area contributed by atoms with Crippen LogP contribution in [-0.2, 0) is 4.74 Å². The van der Waals surface area contributed by atoms with Crippen molar-refractivity contribution in [1.29, 1.82) is 0 Å². The van der Waals surface area contributed by atoms with Gasteiger partial charge >= 0.3 is 5.97 Å². The fourth-order valence-corrected chi connectivity index (χ4v) is 4.92. The third-order valence-corrected chi connectivity index (χ3v) is 7.83. The van der Waals surface area contributed by atoms with Gasteiger partial charge in [0.15, 0.2) is 11.6 Å². The number of rotatable bonds is 14. The van der Waals surface area contributed by atoms with Crippen LogP contribution in [0, 0.1) is 0 Å². The Morgan fingerprint density at radius 1 is 0.500 bits per heavy atom. The van der Waals surface area contributed by atoms with Crippen molar-refractivity contribution in [2.75, 3.05) is 20.8 Å². The van der Waals surface area contributed by atoms with E-state index in [0.717, 1.165) is 12.8 Å². The van der Waals surface area contributed by atoms with Crippen molar-refractivity contribution in [3.05, 3.63) is 149 Å². The Hall–Kier alpha value is -6.09. The number of hydrogen-bond donors (Lipinski definition) is 3. The summed E-state index contributed by atoms with van der Waals surface area (Å²) in [7, 11) is 3.01. The van der Waals surface area contributed by atoms with Crippen molar-refractivity contribution in [3.63, 3.8) is 0 Å². The molecule has 272 valence electrons. The average Bonchev–Trinajstić information content (AvgIpc) is 3.18. The zero-order chi connectivity index (χ0) is 37.7. The van der Waals surface area contributed by atoms with E-state index in [0.29, 0.717) is 29.2 Å². The molecular weight excluding hydrogens is 660 g/mol. The molecule has 0 saturated heterocycles. The molecule has 5 rings (SSSR count). The number of para-hydroxylation sites is 1. The van der Waals surface area contributed by atoms with E-state index in [1.54, 1.807) is 91.0 Å². The van der Waals surface area contributed by atoms with Gasteiger partial charge in [-0.2, -0.15) is 0 Å². The van der Waals surface area contributed by atoms with E-state index >= 15 is 0 Å². The first-order chi connectivity index (χ1) is 25.2. The molecule has 9 nitrogen and oxygen atoms in total. The van der Waals surface area contributed by atoms with Gasteiger partial charge in [0.05, 0.1) is 32.0 Å². The van der Waals surface area contributed by atoms with E-state index in [-0.39, 0.29) is 45.5 Å². The average molecular weight is 707 g/mol. The number of phenolic OH excluding ortho intramolecular Hbond substituents is 3. The van der Waals surface area contributed by atoms with Gasteiger partial charge in [-0.1, -0.05) is 112 Å². The number of benzene rings is 5. The Morgan fingerprint density at radius 3 is 1.38 bits per heavy atom. The Kier molecular flexibility index (Phi) is 17.0. The van der Waals surface area contributed by atoms with Gasteiger partial charge in [-0.05, 0) is 42.8 Å². The van der Waals surface area contributed by atoms with Gasteiger partial charge in [0.1, 0.15) is 34.3 Å². The maximum absolute atomic E-state index is 12.1. The van der Waals surface area contributed by atoms with Crippen LogP contribution in [0.5, 0.6) is 28.7 Å². The maximum atomic E-state index is 12.1. The summed E-state index contributed by atoms with van der Waals surface area (Å²) in [6.45, 7) is 2.62. The highest BCUT2D eigenvalue weighted by molar-refractivity contribution is 6.11. The predicted molar refractivity (Wildman–Crippen MR) is 201 cm³/mol. The predicted octanol–water partition coefficient (Wildman–Crippen LogP) is 9.17. The highest BCUT2D eigenvalue weighted by Crippen LogP contribution is 2.27. The Morgan fingerprint density at radius 2 is 0.942 bits per heavy atom. The fourth-order valence-electron chi connectivity index (χ4n) is 4.92. The van der Waals surface area contributed by atoms with E-state index in [4.69, 9.17) is 14.2 Å². The van der Waals surface area contributed by atoms with Crippen LogP contribution in [0.3, 0.4) is 0 Å². The molecular formula is C43H46O9. The van der Waals surface area contributed by atoms with Crippen LogP contribution >= 0.6 is 0 Å². The SMILES string of the molecule is CCCCCCCCOC(=O)c1ccccc1O.COc1ccc(C(=O)c2ccccc2)c(O)c1.COc1ccc(C(=O)c2ccccc2)c(O)c1.